The zero-order valence-electron chi connectivity index (χ0n) is 20.5. The van der Waals surface area contributed by atoms with Crippen LogP contribution in [0.15, 0.2) is 71.8 Å². The van der Waals surface area contributed by atoms with Gasteiger partial charge in [0.2, 0.25) is 5.82 Å². The number of nitrogens with one attached hydrogen (secondary N) is 1. The van der Waals surface area contributed by atoms with Crippen LogP contribution in [0, 0.1) is 5.82 Å². The number of tetrazole rings is 1. The van der Waals surface area contributed by atoms with Gasteiger partial charge in [-0.05, 0) is 41.8 Å². The van der Waals surface area contributed by atoms with Crippen molar-refractivity contribution in [2.24, 2.45) is 0 Å². The maximum atomic E-state index is 14.8. The SMILES string of the molecule is CCCCc1cn(-c2c(F)cccc2C(=O)O)c(=O)n1Cc1ccc(-c2ccccc2-c2nn[nH]n2)cn1. The molecule has 0 amide bonds. The predicted octanol–water partition coefficient (Wildman–Crippen LogP) is 4.11. The highest BCUT2D eigenvalue weighted by Crippen LogP contribution is 2.29. The average Bonchev–Trinajstić information content (AvgIpc) is 3.57. The second-order valence-electron chi connectivity index (χ2n) is 8.72. The van der Waals surface area contributed by atoms with Gasteiger partial charge in [-0.15, -0.1) is 10.2 Å². The van der Waals surface area contributed by atoms with Gasteiger partial charge in [0.05, 0.1) is 17.8 Å². The minimum Gasteiger partial charge on any atom is -0.478 e. The van der Waals surface area contributed by atoms with Gasteiger partial charge in [-0.1, -0.05) is 49.7 Å². The van der Waals surface area contributed by atoms with Crippen molar-refractivity contribution < 1.29 is 14.3 Å². The first-order valence-corrected chi connectivity index (χ1v) is 12.1. The zero-order chi connectivity index (χ0) is 26.6. The van der Waals surface area contributed by atoms with Gasteiger partial charge in [0.15, 0.2) is 0 Å². The van der Waals surface area contributed by atoms with Crippen LogP contribution < -0.4 is 5.69 Å². The van der Waals surface area contributed by atoms with Gasteiger partial charge < -0.3 is 5.11 Å². The van der Waals surface area contributed by atoms with Crippen LogP contribution in [0.5, 0.6) is 0 Å². The summed E-state index contributed by atoms with van der Waals surface area (Å²) in [6, 6.07) is 15.1. The van der Waals surface area contributed by atoms with E-state index in [0.717, 1.165) is 40.2 Å². The van der Waals surface area contributed by atoms with Gasteiger partial charge in [-0.3, -0.25) is 14.1 Å². The molecule has 3 heterocycles. The number of H-pyrrole nitrogens is 1. The third-order valence-corrected chi connectivity index (χ3v) is 6.28. The zero-order valence-corrected chi connectivity index (χ0v) is 20.5. The first-order valence-electron chi connectivity index (χ1n) is 12.1. The number of hydrogen-bond acceptors (Lipinski definition) is 6. The van der Waals surface area contributed by atoms with Gasteiger partial charge >= 0.3 is 11.7 Å². The minimum atomic E-state index is -1.31. The van der Waals surface area contributed by atoms with Crippen LogP contribution in [-0.2, 0) is 13.0 Å². The lowest BCUT2D eigenvalue weighted by molar-refractivity contribution is 0.0696. The number of rotatable bonds is 9. The number of aryl methyl sites for hydroxylation is 1. The topological polar surface area (TPSA) is 132 Å². The molecule has 5 aromatic rings. The molecule has 0 aliphatic heterocycles. The molecule has 2 aromatic carbocycles. The fourth-order valence-electron chi connectivity index (χ4n) is 4.39. The van der Waals surface area contributed by atoms with Crippen LogP contribution in [0.4, 0.5) is 4.39 Å². The number of hydrogen-bond donors (Lipinski definition) is 2. The van der Waals surface area contributed by atoms with Gasteiger partial charge in [0.1, 0.15) is 11.5 Å². The molecule has 0 radical (unpaired) electrons. The van der Waals surface area contributed by atoms with Crippen molar-refractivity contribution >= 4 is 5.97 Å². The van der Waals surface area contributed by atoms with Crippen molar-refractivity contribution in [3.8, 4) is 28.2 Å². The number of aromatic carboxylic acids is 1. The number of carboxylic acids is 1. The molecular weight excluding hydrogens is 489 g/mol. The third-order valence-electron chi connectivity index (χ3n) is 6.28. The summed E-state index contributed by atoms with van der Waals surface area (Å²) in [5.41, 5.74) is 2.71. The Hall–Kier alpha value is -4.93. The molecule has 5 rings (SSSR count). The van der Waals surface area contributed by atoms with Crippen LogP contribution in [0.2, 0.25) is 0 Å². The summed E-state index contributed by atoms with van der Waals surface area (Å²) in [5, 5.41) is 23.8. The highest BCUT2D eigenvalue weighted by atomic mass is 19.1. The second-order valence-corrected chi connectivity index (χ2v) is 8.72. The van der Waals surface area contributed by atoms with Gasteiger partial charge in [-0.25, -0.2) is 14.0 Å². The number of aromatic nitrogens is 7. The monoisotopic (exact) mass is 513 g/mol. The quantitative estimate of drug-likeness (QED) is 0.303. The molecule has 3 aromatic heterocycles. The van der Waals surface area contributed by atoms with Crippen LogP contribution in [0.25, 0.3) is 28.2 Å². The maximum absolute atomic E-state index is 14.8. The third kappa shape index (κ3) is 4.73. The number of benzene rings is 2. The largest absolute Gasteiger partial charge is 0.478 e. The number of nitrogens with zero attached hydrogens (tertiary/aromatic N) is 6. The number of aromatic amines is 1. The predicted molar refractivity (Wildman–Crippen MR) is 138 cm³/mol. The molecule has 0 spiro atoms. The number of carboxylic acid groups (broad SMARTS) is 1. The lowest BCUT2D eigenvalue weighted by atomic mass is 10.0. The smallest absolute Gasteiger partial charge is 0.337 e. The first-order chi connectivity index (χ1) is 18.5. The van der Waals surface area contributed by atoms with Crippen LogP contribution in [0.1, 0.15) is 41.5 Å². The van der Waals surface area contributed by atoms with E-state index >= 15 is 0 Å². The summed E-state index contributed by atoms with van der Waals surface area (Å²) in [5.74, 6) is -1.63. The molecule has 0 fully saturated rings. The molecule has 192 valence electrons. The fraction of sp³-hybridized carbons (Fsp3) is 0.185. The van der Waals surface area contributed by atoms with E-state index in [0.29, 0.717) is 23.6 Å². The maximum Gasteiger partial charge on any atom is 0.337 e. The lowest BCUT2D eigenvalue weighted by Crippen LogP contribution is -2.26. The summed E-state index contributed by atoms with van der Waals surface area (Å²) in [4.78, 5) is 29.8. The number of unbranched alkanes of at least 4 members (excludes halogenated alkanes) is 1. The number of para-hydroxylation sites is 1. The average molecular weight is 514 g/mol. The number of halogens is 1. The minimum absolute atomic E-state index is 0.147. The second kappa shape index (κ2) is 10.6. The fourth-order valence-corrected chi connectivity index (χ4v) is 4.39. The number of carbonyl (C=O) groups is 1. The molecular formula is C27H24FN7O3. The molecule has 0 saturated carbocycles. The molecule has 2 N–H and O–H groups in total. The van der Waals surface area contributed by atoms with E-state index in [1.54, 1.807) is 6.20 Å². The van der Waals surface area contributed by atoms with Crippen molar-refractivity contribution in [3.63, 3.8) is 0 Å². The Kier molecular flexibility index (Phi) is 6.90. The Morgan fingerprint density at radius 2 is 1.89 bits per heavy atom. The van der Waals surface area contributed by atoms with Crippen molar-refractivity contribution in [2.75, 3.05) is 0 Å². The van der Waals surface area contributed by atoms with Crippen LogP contribution in [-0.4, -0.2) is 45.8 Å². The molecule has 10 nitrogen and oxygen atoms in total. The highest BCUT2D eigenvalue weighted by Gasteiger charge is 2.21. The summed E-state index contributed by atoms with van der Waals surface area (Å²) in [6.07, 6.45) is 5.52. The first kappa shape index (κ1) is 24.8. The molecule has 0 saturated heterocycles. The van der Waals surface area contributed by atoms with Crippen LogP contribution >= 0.6 is 0 Å². The van der Waals surface area contributed by atoms with Gasteiger partial charge in [0, 0.05) is 29.2 Å². The molecule has 0 unspecified atom stereocenters. The van der Waals surface area contributed by atoms with E-state index in [1.165, 1.54) is 22.9 Å². The van der Waals surface area contributed by atoms with E-state index in [4.69, 9.17) is 0 Å². The molecule has 11 heteroatoms. The highest BCUT2D eigenvalue weighted by molar-refractivity contribution is 5.92. The van der Waals surface area contributed by atoms with Crippen LogP contribution in [0.3, 0.4) is 0 Å². The molecule has 0 aliphatic carbocycles. The van der Waals surface area contributed by atoms with Gasteiger partial charge in [-0.2, -0.15) is 5.21 Å². The Labute approximate surface area is 216 Å². The Bertz CT molecular complexity index is 1640. The van der Waals surface area contributed by atoms with Crippen molar-refractivity contribution in [1.29, 1.82) is 0 Å². The summed E-state index contributed by atoms with van der Waals surface area (Å²) in [6.45, 7) is 2.18. The van der Waals surface area contributed by atoms with E-state index in [1.807, 2.05) is 43.3 Å². The van der Waals surface area contributed by atoms with Crippen molar-refractivity contribution in [3.05, 3.63) is 100 Å². The molecule has 38 heavy (non-hydrogen) atoms. The van der Waals surface area contributed by atoms with Crippen molar-refractivity contribution in [2.45, 2.75) is 32.7 Å². The Balaban J connectivity index is 1.51. The standard InChI is InChI=1S/C27H24FN7O3/c1-2-3-7-19-16-35(24-22(26(36)37)10-6-11-23(24)28)27(38)34(19)15-18-13-12-17(14-29-18)20-8-4-5-9-21(20)25-30-32-33-31-25/h4-6,8-14,16H,2-3,7,15H2,1H3,(H,36,37)(H,30,31,32,33). The molecule has 0 atom stereocenters. The summed E-state index contributed by atoms with van der Waals surface area (Å²) >= 11 is 0. The summed E-state index contributed by atoms with van der Waals surface area (Å²) < 4.78 is 17.4. The summed E-state index contributed by atoms with van der Waals surface area (Å²) in [7, 11) is 0. The van der Waals surface area contributed by atoms with E-state index in [2.05, 4.69) is 25.6 Å². The normalized spacial score (nSPS) is 11.1. The Morgan fingerprint density at radius 1 is 1.08 bits per heavy atom. The molecule has 0 aliphatic rings. The number of imidazole rings is 1. The van der Waals surface area contributed by atoms with E-state index < -0.39 is 17.5 Å². The molecule has 0 bridgehead atoms. The van der Waals surface area contributed by atoms with Gasteiger partial charge in [0.25, 0.3) is 0 Å². The van der Waals surface area contributed by atoms with Crippen molar-refractivity contribution in [1.82, 2.24) is 34.7 Å². The van der Waals surface area contributed by atoms with E-state index in [-0.39, 0.29) is 17.8 Å². The van der Waals surface area contributed by atoms with E-state index in [9.17, 15) is 19.1 Å². The Morgan fingerprint density at radius 3 is 2.58 bits per heavy atom. The lowest BCUT2D eigenvalue weighted by Gasteiger charge is -2.09. The number of pyridine rings is 1.